The lowest BCUT2D eigenvalue weighted by Crippen LogP contribution is -2.10. The first-order chi connectivity index (χ1) is 13.5. The van der Waals surface area contributed by atoms with Crippen molar-refractivity contribution in [2.45, 2.75) is 11.4 Å². The summed E-state index contributed by atoms with van der Waals surface area (Å²) in [7, 11) is 1.87. The highest BCUT2D eigenvalue weighted by atomic mass is 35.5. The van der Waals surface area contributed by atoms with Crippen LogP contribution in [0.3, 0.4) is 0 Å². The number of halogens is 1. The van der Waals surface area contributed by atoms with Crippen molar-refractivity contribution in [3.63, 3.8) is 0 Å². The molecule has 0 saturated heterocycles. The molecule has 0 saturated carbocycles. The third kappa shape index (κ3) is 7.27. The Morgan fingerprint density at radius 2 is 1.82 bits per heavy atom. The Hall–Kier alpha value is -2.47. The molecule has 0 amide bonds. The molecule has 0 aliphatic carbocycles. The van der Waals surface area contributed by atoms with Crippen LogP contribution in [0.4, 0.5) is 0 Å². The molecule has 2 N–H and O–H groups in total. The number of rotatable bonds is 6. The molecule has 0 bridgehead atoms. The van der Waals surface area contributed by atoms with Crippen molar-refractivity contribution in [2.75, 3.05) is 13.7 Å². The summed E-state index contributed by atoms with van der Waals surface area (Å²) in [6.07, 6.45) is 0. The summed E-state index contributed by atoms with van der Waals surface area (Å²) in [5.41, 5.74) is 2.79. The summed E-state index contributed by atoms with van der Waals surface area (Å²) in [6, 6.07) is 22.8. The molecule has 0 fully saturated rings. The molecule has 0 atom stereocenters. The molecule has 0 heterocycles. The quantitative estimate of drug-likeness (QED) is 0.486. The van der Waals surface area contributed by atoms with E-state index in [1.165, 1.54) is 0 Å². The Labute approximate surface area is 175 Å². The van der Waals surface area contributed by atoms with Gasteiger partial charge in [-0.1, -0.05) is 48.0 Å². The summed E-state index contributed by atoms with van der Waals surface area (Å²) in [5.74, 6) is -0.481. The molecule has 3 aromatic rings. The van der Waals surface area contributed by atoms with Crippen molar-refractivity contribution in [1.29, 1.82) is 0 Å². The average molecular weight is 416 g/mol. The number of aliphatic carboxylic acids is 1. The molecule has 0 spiro atoms. The second-order valence-corrected chi connectivity index (χ2v) is 6.84. The van der Waals surface area contributed by atoms with Gasteiger partial charge in [0.05, 0.1) is 0 Å². The maximum absolute atomic E-state index is 10.7. The number of benzene rings is 3. The minimum atomic E-state index is -1.01. The number of carboxylic acid groups (broad SMARTS) is 1. The minimum absolute atomic E-state index is 0.376. The van der Waals surface area contributed by atoms with Crippen molar-refractivity contribution in [2.24, 2.45) is 0 Å². The second-order valence-electron chi connectivity index (χ2n) is 5.89. The molecule has 0 radical (unpaired) electrons. The van der Waals surface area contributed by atoms with Gasteiger partial charge in [0, 0.05) is 22.0 Å². The van der Waals surface area contributed by atoms with E-state index in [4.69, 9.17) is 21.4 Å². The topological polar surface area (TPSA) is 58.6 Å². The smallest absolute Gasteiger partial charge is 0.341 e. The van der Waals surface area contributed by atoms with Gasteiger partial charge in [-0.3, -0.25) is 0 Å². The van der Waals surface area contributed by atoms with E-state index in [0.29, 0.717) is 17.3 Å². The van der Waals surface area contributed by atoms with E-state index in [9.17, 15) is 4.79 Å². The van der Waals surface area contributed by atoms with Crippen molar-refractivity contribution in [1.82, 2.24) is 5.32 Å². The Morgan fingerprint density at radius 3 is 2.39 bits per heavy atom. The van der Waals surface area contributed by atoms with Gasteiger partial charge in [-0.15, -0.1) is 12.6 Å². The Morgan fingerprint density at radius 1 is 1.07 bits per heavy atom. The van der Waals surface area contributed by atoms with Crippen LogP contribution >= 0.6 is 24.2 Å². The third-order valence-corrected chi connectivity index (χ3v) is 4.20. The van der Waals surface area contributed by atoms with E-state index < -0.39 is 5.97 Å². The van der Waals surface area contributed by atoms with Crippen LogP contribution in [-0.2, 0) is 11.3 Å². The van der Waals surface area contributed by atoms with E-state index in [1.807, 2.05) is 67.7 Å². The number of nitrogens with one attached hydrogen (secondary N) is 1. The minimum Gasteiger partial charge on any atom is -0.481 e. The zero-order valence-corrected chi connectivity index (χ0v) is 17.1. The Kier molecular flexibility index (Phi) is 8.88. The maximum atomic E-state index is 10.7. The standard InChI is InChI=1S/C16H16ClNO3.C6H6S/c1-18-9-11-5-6-15(21-10-16(19)20)14(7-11)12-3-2-4-13(17)8-12;7-6-4-2-1-3-5-6/h2-8,18H,9-10H2,1H3,(H,19,20);1-5,7H. The third-order valence-electron chi connectivity index (χ3n) is 3.67. The van der Waals surface area contributed by atoms with Crippen LogP contribution in [0.25, 0.3) is 11.1 Å². The largest absolute Gasteiger partial charge is 0.481 e. The lowest BCUT2D eigenvalue weighted by molar-refractivity contribution is -0.139. The van der Waals surface area contributed by atoms with Gasteiger partial charge >= 0.3 is 5.97 Å². The molecule has 0 aliphatic heterocycles. The second kappa shape index (κ2) is 11.4. The lowest BCUT2D eigenvalue weighted by Gasteiger charge is -2.13. The van der Waals surface area contributed by atoms with Gasteiger partial charge in [0.2, 0.25) is 0 Å². The molecule has 4 nitrogen and oxygen atoms in total. The molecular formula is C22H22ClNO3S. The molecular weight excluding hydrogens is 394 g/mol. The van der Waals surface area contributed by atoms with Crippen molar-refractivity contribution >= 4 is 30.2 Å². The zero-order chi connectivity index (χ0) is 20.4. The summed E-state index contributed by atoms with van der Waals surface area (Å²) >= 11 is 10.1. The average Bonchev–Trinajstić information content (AvgIpc) is 2.68. The fourth-order valence-electron chi connectivity index (χ4n) is 2.47. The Bertz CT molecular complexity index is 903. The summed E-state index contributed by atoms with van der Waals surface area (Å²) in [5, 5.41) is 12.5. The normalized spacial score (nSPS) is 9.96. The summed E-state index contributed by atoms with van der Waals surface area (Å²) in [6.45, 7) is 0.339. The first-order valence-corrected chi connectivity index (χ1v) is 9.44. The van der Waals surface area contributed by atoms with Gasteiger partial charge in [-0.2, -0.15) is 0 Å². The molecule has 0 aliphatic rings. The highest BCUT2D eigenvalue weighted by molar-refractivity contribution is 7.80. The Balaban J connectivity index is 0.000000336. The maximum Gasteiger partial charge on any atom is 0.341 e. The van der Waals surface area contributed by atoms with Crippen LogP contribution in [-0.4, -0.2) is 24.7 Å². The fourth-order valence-corrected chi connectivity index (χ4v) is 2.83. The van der Waals surface area contributed by atoms with E-state index >= 15 is 0 Å². The van der Waals surface area contributed by atoms with Gasteiger partial charge < -0.3 is 15.2 Å². The highest BCUT2D eigenvalue weighted by Crippen LogP contribution is 2.32. The number of ether oxygens (including phenoxy) is 1. The van der Waals surface area contributed by atoms with Crippen LogP contribution in [0.5, 0.6) is 5.75 Å². The van der Waals surface area contributed by atoms with Gasteiger partial charge in [0.15, 0.2) is 6.61 Å². The lowest BCUT2D eigenvalue weighted by atomic mass is 10.0. The highest BCUT2D eigenvalue weighted by Gasteiger charge is 2.10. The van der Waals surface area contributed by atoms with E-state index in [-0.39, 0.29) is 6.61 Å². The number of hydrogen-bond acceptors (Lipinski definition) is 4. The van der Waals surface area contributed by atoms with Crippen LogP contribution in [0.15, 0.2) is 77.7 Å². The van der Waals surface area contributed by atoms with E-state index in [1.54, 1.807) is 12.1 Å². The number of carboxylic acids is 1. The molecule has 3 rings (SSSR count). The van der Waals surface area contributed by atoms with Gasteiger partial charge in [-0.05, 0) is 54.6 Å². The van der Waals surface area contributed by atoms with E-state index in [0.717, 1.165) is 21.6 Å². The van der Waals surface area contributed by atoms with Crippen LogP contribution in [0, 0.1) is 0 Å². The molecule has 28 heavy (non-hydrogen) atoms. The number of hydrogen-bond donors (Lipinski definition) is 3. The molecule has 3 aromatic carbocycles. The predicted octanol–water partition coefficient (Wildman–Crippen LogP) is 5.17. The predicted molar refractivity (Wildman–Crippen MR) is 116 cm³/mol. The van der Waals surface area contributed by atoms with E-state index in [2.05, 4.69) is 17.9 Å². The fraction of sp³-hybridized carbons (Fsp3) is 0.136. The van der Waals surface area contributed by atoms with Crippen molar-refractivity contribution in [3.8, 4) is 16.9 Å². The first-order valence-electron chi connectivity index (χ1n) is 8.61. The molecule has 0 unspecified atom stereocenters. The number of thiol groups is 1. The molecule has 146 valence electrons. The molecule has 0 aromatic heterocycles. The van der Waals surface area contributed by atoms with Crippen molar-refractivity contribution < 1.29 is 14.6 Å². The summed E-state index contributed by atoms with van der Waals surface area (Å²) in [4.78, 5) is 11.7. The molecule has 6 heteroatoms. The number of carbonyl (C=O) groups is 1. The summed E-state index contributed by atoms with van der Waals surface area (Å²) < 4.78 is 5.36. The van der Waals surface area contributed by atoms with Gasteiger partial charge in [-0.25, -0.2) is 4.79 Å². The SMILES string of the molecule is CNCc1ccc(OCC(=O)O)c(-c2cccc(Cl)c2)c1.Sc1ccccc1. The van der Waals surface area contributed by atoms with Crippen LogP contribution in [0.2, 0.25) is 5.02 Å². The monoisotopic (exact) mass is 415 g/mol. The van der Waals surface area contributed by atoms with Crippen molar-refractivity contribution in [3.05, 3.63) is 83.4 Å². The van der Waals surface area contributed by atoms with Crippen LogP contribution in [0.1, 0.15) is 5.56 Å². The zero-order valence-electron chi connectivity index (χ0n) is 15.4. The van der Waals surface area contributed by atoms with Crippen LogP contribution < -0.4 is 10.1 Å². The van der Waals surface area contributed by atoms with Gasteiger partial charge in [0.25, 0.3) is 0 Å². The first kappa shape index (κ1) is 21.8. The van der Waals surface area contributed by atoms with Gasteiger partial charge in [0.1, 0.15) is 5.75 Å².